The van der Waals surface area contributed by atoms with Crippen molar-refractivity contribution in [3.63, 3.8) is 0 Å². The van der Waals surface area contributed by atoms with Gasteiger partial charge in [0.25, 0.3) is 0 Å². The van der Waals surface area contributed by atoms with Crippen LogP contribution >= 0.6 is 0 Å². The number of esters is 2. The molecular formula is C55H96O15. The van der Waals surface area contributed by atoms with Crippen LogP contribution in [0.1, 0.15) is 200 Å². The Hall–Kier alpha value is -2.50. The first kappa shape index (κ1) is 63.6. The Labute approximate surface area is 420 Å². The van der Waals surface area contributed by atoms with Gasteiger partial charge in [0.05, 0.1) is 19.8 Å². The first-order valence-corrected chi connectivity index (χ1v) is 27.3. The van der Waals surface area contributed by atoms with Gasteiger partial charge in [-0.3, -0.25) is 9.59 Å². The van der Waals surface area contributed by atoms with Gasteiger partial charge in [-0.25, -0.2) is 0 Å². The Morgan fingerprint density at radius 3 is 1.50 bits per heavy atom. The molecule has 2 aliphatic rings. The van der Waals surface area contributed by atoms with Crippen LogP contribution in [0.25, 0.3) is 0 Å². The zero-order valence-electron chi connectivity index (χ0n) is 43.0. The molecule has 2 heterocycles. The molecule has 0 aliphatic carbocycles. The number of hydrogen-bond donors (Lipinski definition) is 7. The van der Waals surface area contributed by atoms with Gasteiger partial charge in [-0.2, -0.15) is 0 Å². The quantitative estimate of drug-likeness (QED) is 0.0132. The normalized spacial score (nSPS) is 25.3. The first-order chi connectivity index (χ1) is 34.0. The number of aliphatic hydroxyl groups excluding tert-OH is 7. The van der Waals surface area contributed by atoms with Gasteiger partial charge in [-0.15, -0.1) is 5.73 Å². The van der Waals surface area contributed by atoms with Crippen molar-refractivity contribution in [2.24, 2.45) is 0 Å². The van der Waals surface area contributed by atoms with Gasteiger partial charge in [0.1, 0.15) is 55.4 Å². The minimum atomic E-state index is -1.77. The fourth-order valence-electron chi connectivity index (χ4n) is 8.34. The van der Waals surface area contributed by atoms with E-state index >= 15 is 0 Å². The van der Waals surface area contributed by atoms with E-state index in [-0.39, 0.29) is 19.4 Å². The number of allylic oxidation sites excluding steroid dienone is 5. The predicted octanol–water partition coefficient (Wildman–Crippen LogP) is 8.26. The summed E-state index contributed by atoms with van der Waals surface area (Å²) in [5.41, 5.74) is 3.29. The summed E-state index contributed by atoms with van der Waals surface area (Å²) in [6.45, 7) is 2.53. The van der Waals surface area contributed by atoms with Gasteiger partial charge in [0.15, 0.2) is 18.7 Å². The van der Waals surface area contributed by atoms with Crippen LogP contribution in [0.3, 0.4) is 0 Å². The summed E-state index contributed by atoms with van der Waals surface area (Å²) in [6.07, 6.45) is 26.6. The lowest BCUT2D eigenvalue weighted by molar-refractivity contribution is -0.332. The molecule has 70 heavy (non-hydrogen) atoms. The predicted molar refractivity (Wildman–Crippen MR) is 269 cm³/mol. The third kappa shape index (κ3) is 29.3. The first-order valence-electron chi connectivity index (χ1n) is 27.3. The van der Waals surface area contributed by atoms with E-state index in [4.69, 9.17) is 28.4 Å². The van der Waals surface area contributed by atoms with Crippen LogP contribution in [0.15, 0.2) is 42.2 Å². The summed E-state index contributed by atoms with van der Waals surface area (Å²) in [5.74, 6) is -0.948. The summed E-state index contributed by atoms with van der Waals surface area (Å²) >= 11 is 0. The van der Waals surface area contributed by atoms with Gasteiger partial charge in [-0.1, -0.05) is 141 Å². The maximum absolute atomic E-state index is 13.0. The average Bonchev–Trinajstić information content (AvgIpc) is 3.35. The van der Waals surface area contributed by atoms with E-state index in [1.165, 1.54) is 89.9 Å². The van der Waals surface area contributed by atoms with Crippen LogP contribution in [0.4, 0.5) is 0 Å². The third-order valence-electron chi connectivity index (χ3n) is 12.9. The molecule has 0 saturated carbocycles. The highest BCUT2D eigenvalue weighted by molar-refractivity contribution is 5.70. The molecule has 11 atom stereocenters. The lowest BCUT2D eigenvalue weighted by atomic mass is 9.98. The molecule has 0 aromatic carbocycles. The molecule has 15 heteroatoms. The summed E-state index contributed by atoms with van der Waals surface area (Å²) in [5, 5.41) is 72.2. The highest BCUT2D eigenvalue weighted by Crippen LogP contribution is 2.26. The third-order valence-corrected chi connectivity index (χ3v) is 12.9. The second-order valence-corrected chi connectivity index (χ2v) is 19.2. The highest BCUT2D eigenvalue weighted by atomic mass is 16.7. The molecular weight excluding hydrogens is 901 g/mol. The molecule has 0 amide bonds. The average molecular weight is 997 g/mol. The van der Waals surface area contributed by atoms with Crippen molar-refractivity contribution in [3.05, 3.63) is 42.2 Å². The highest BCUT2D eigenvalue weighted by Gasteiger charge is 2.47. The van der Waals surface area contributed by atoms with Crippen molar-refractivity contribution in [1.82, 2.24) is 0 Å². The van der Waals surface area contributed by atoms with Crippen LogP contribution in [-0.2, 0) is 38.0 Å². The SMILES string of the molecule is CCCCC/C=C/C/C=C/CCCCCCCCCCCC(=O)OC[C@@H](CO[C@@H]1O[C@H](CO[C@@H]2O[C@H](CO)[C@H](O)C(O)C2O)[C@H](O)C(O)C1O)OC(=O)CCCCCCCC=C=CCCCCCCC. The van der Waals surface area contributed by atoms with E-state index in [0.29, 0.717) is 12.8 Å². The van der Waals surface area contributed by atoms with Crippen molar-refractivity contribution >= 4 is 11.9 Å². The second kappa shape index (κ2) is 41.9. The lowest BCUT2D eigenvalue weighted by Crippen LogP contribution is -2.61. The van der Waals surface area contributed by atoms with Crippen molar-refractivity contribution in [2.75, 3.05) is 26.4 Å². The molecule has 2 aliphatic heterocycles. The summed E-state index contributed by atoms with van der Waals surface area (Å²) in [6, 6.07) is 0. The molecule has 15 nitrogen and oxygen atoms in total. The number of hydrogen-bond acceptors (Lipinski definition) is 15. The van der Waals surface area contributed by atoms with Gasteiger partial charge in [0.2, 0.25) is 0 Å². The van der Waals surface area contributed by atoms with E-state index in [1.54, 1.807) is 0 Å². The Morgan fingerprint density at radius 2 is 0.943 bits per heavy atom. The Bertz CT molecular complexity index is 1420. The maximum Gasteiger partial charge on any atom is 0.306 e. The van der Waals surface area contributed by atoms with Crippen LogP contribution in [0.5, 0.6) is 0 Å². The van der Waals surface area contributed by atoms with Crippen molar-refractivity contribution in [3.8, 4) is 0 Å². The molecule has 0 aromatic rings. The Balaban J connectivity index is 1.79. The molecule has 4 unspecified atom stereocenters. The number of carbonyl (C=O) groups is 2. The molecule has 0 spiro atoms. The molecule has 406 valence electrons. The van der Waals surface area contributed by atoms with Crippen molar-refractivity contribution in [2.45, 2.75) is 268 Å². The minimum absolute atomic E-state index is 0.144. The van der Waals surface area contributed by atoms with Crippen LogP contribution in [0.2, 0.25) is 0 Å². The number of rotatable bonds is 42. The van der Waals surface area contributed by atoms with E-state index < -0.39 is 99.3 Å². The van der Waals surface area contributed by atoms with E-state index in [0.717, 1.165) is 70.6 Å². The number of unbranched alkanes of at least 4 members (excludes halogenated alkanes) is 22. The smallest absolute Gasteiger partial charge is 0.306 e. The van der Waals surface area contributed by atoms with Gasteiger partial charge < -0.3 is 64.2 Å². The topological polar surface area (TPSA) is 231 Å². The van der Waals surface area contributed by atoms with Gasteiger partial charge in [-0.05, 0) is 82.8 Å². The lowest BCUT2D eigenvalue weighted by Gasteiger charge is -2.42. The standard InChI is InChI=1S/C55H96O15/c1-3-5-7-9-11-13-15-17-19-20-21-22-24-25-27-29-31-33-35-37-46(57)65-40-43(68-47(58)38-36-34-32-30-28-26-23-18-16-14-12-10-8-6-4-2)41-66-54-53(64)51(62)49(60)45(70-54)42-67-55-52(63)50(61)48(59)44(39-56)69-55/h11,13,16-17,19,23,43-45,48-56,59-64H,3-10,12,14-15,20-22,24-42H2,1-2H3/b13-11+,19-17+/t18?,43-,44+,45+,48-,49-,50?,51?,52?,53?,54+,55+/m0/s1. The zero-order chi connectivity index (χ0) is 51.0. The Morgan fingerprint density at radius 1 is 0.500 bits per heavy atom. The summed E-state index contributed by atoms with van der Waals surface area (Å²) < 4.78 is 33.6. The largest absolute Gasteiger partial charge is 0.462 e. The summed E-state index contributed by atoms with van der Waals surface area (Å²) in [7, 11) is 0. The van der Waals surface area contributed by atoms with Gasteiger partial charge in [0, 0.05) is 12.8 Å². The molecule has 0 bridgehead atoms. The number of aliphatic hydroxyl groups is 7. The van der Waals surface area contributed by atoms with Crippen molar-refractivity contribution in [1.29, 1.82) is 0 Å². The molecule has 2 saturated heterocycles. The van der Waals surface area contributed by atoms with Crippen LogP contribution in [0, 0.1) is 0 Å². The van der Waals surface area contributed by atoms with E-state index in [9.17, 15) is 45.3 Å². The zero-order valence-corrected chi connectivity index (χ0v) is 43.0. The number of carbonyl (C=O) groups excluding carboxylic acids is 2. The Kier molecular flexibility index (Phi) is 38.1. The molecule has 0 radical (unpaired) electrons. The minimum Gasteiger partial charge on any atom is -0.462 e. The van der Waals surface area contributed by atoms with Gasteiger partial charge >= 0.3 is 11.9 Å². The number of ether oxygens (including phenoxy) is 6. The van der Waals surface area contributed by atoms with Crippen LogP contribution < -0.4 is 0 Å². The molecule has 0 aromatic heterocycles. The molecule has 7 N–H and O–H groups in total. The second-order valence-electron chi connectivity index (χ2n) is 19.2. The fourth-order valence-corrected chi connectivity index (χ4v) is 8.34. The van der Waals surface area contributed by atoms with E-state index in [1.807, 2.05) is 0 Å². The van der Waals surface area contributed by atoms with E-state index in [2.05, 4.69) is 56.0 Å². The monoisotopic (exact) mass is 997 g/mol. The maximum atomic E-state index is 13.0. The van der Waals surface area contributed by atoms with Crippen molar-refractivity contribution < 1.29 is 73.8 Å². The molecule has 2 rings (SSSR count). The fraction of sp³-hybridized carbons (Fsp3) is 0.836. The molecule has 2 fully saturated rings. The summed E-state index contributed by atoms with van der Waals surface area (Å²) in [4.78, 5) is 25.8. The van der Waals surface area contributed by atoms with Crippen LogP contribution in [-0.4, -0.2) is 142 Å².